The standard InChI is InChI=1S/C6H10F3NOS/c7-6(8,9)5-10-4(1-2-11)3-12-5/h4-5,10-11H,1-3H2/t4?,5-/m0/s1. The Balaban J connectivity index is 2.35. The molecule has 1 heterocycles. The number of aliphatic hydroxyl groups excluding tert-OH is 1. The van der Waals surface area contributed by atoms with Gasteiger partial charge in [-0.1, -0.05) is 0 Å². The van der Waals surface area contributed by atoms with Crippen LogP contribution >= 0.6 is 11.8 Å². The summed E-state index contributed by atoms with van der Waals surface area (Å²) in [6.07, 6.45) is -3.78. The molecule has 0 saturated carbocycles. The van der Waals surface area contributed by atoms with Gasteiger partial charge in [0.15, 0.2) is 5.37 Å². The van der Waals surface area contributed by atoms with E-state index in [0.29, 0.717) is 12.2 Å². The number of hydrogen-bond donors (Lipinski definition) is 2. The molecule has 1 unspecified atom stereocenters. The van der Waals surface area contributed by atoms with E-state index in [0.717, 1.165) is 11.8 Å². The second-order valence-electron chi connectivity index (χ2n) is 2.63. The van der Waals surface area contributed by atoms with Crippen LogP contribution in [-0.4, -0.2) is 35.1 Å². The van der Waals surface area contributed by atoms with Gasteiger partial charge in [-0.05, 0) is 6.42 Å². The predicted molar refractivity (Wildman–Crippen MR) is 40.9 cm³/mol. The third kappa shape index (κ3) is 2.53. The molecule has 0 aromatic rings. The minimum absolute atomic E-state index is 0.0667. The van der Waals surface area contributed by atoms with Gasteiger partial charge >= 0.3 is 6.18 Å². The molecule has 0 amide bonds. The van der Waals surface area contributed by atoms with Crippen LogP contribution in [-0.2, 0) is 0 Å². The molecule has 0 aliphatic carbocycles. The number of nitrogens with one attached hydrogen (secondary N) is 1. The number of rotatable bonds is 2. The second kappa shape index (κ2) is 3.85. The molecule has 1 aliphatic rings. The summed E-state index contributed by atoms with van der Waals surface area (Å²) in [6.45, 7) is -0.0667. The molecular weight excluding hydrogens is 191 g/mol. The van der Waals surface area contributed by atoms with E-state index in [1.807, 2.05) is 0 Å². The smallest absolute Gasteiger partial charge is 0.396 e. The average Bonchev–Trinajstić information content (AvgIpc) is 2.35. The SMILES string of the molecule is OCCC1CS[C@@H](C(F)(F)F)N1. The summed E-state index contributed by atoms with van der Waals surface area (Å²) in [5, 5.41) is 9.45. The van der Waals surface area contributed by atoms with Crippen LogP contribution in [0.3, 0.4) is 0 Å². The molecule has 2 N–H and O–H groups in total. The summed E-state index contributed by atoms with van der Waals surface area (Å²) in [6, 6.07) is -0.202. The molecule has 1 aliphatic heterocycles. The van der Waals surface area contributed by atoms with Gasteiger partial charge < -0.3 is 5.11 Å². The molecule has 1 saturated heterocycles. The lowest BCUT2D eigenvalue weighted by Gasteiger charge is -2.15. The van der Waals surface area contributed by atoms with Crippen molar-refractivity contribution in [2.24, 2.45) is 0 Å². The van der Waals surface area contributed by atoms with E-state index in [4.69, 9.17) is 5.11 Å². The first-order valence-electron chi connectivity index (χ1n) is 3.59. The topological polar surface area (TPSA) is 32.3 Å². The van der Waals surface area contributed by atoms with Crippen molar-refractivity contribution in [2.75, 3.05) is 12.4 Å². The molecule has 72 valence electrons. The molecule has 0 aromatic heterocycles. The van der Waals surface area contributed by atoms with Crippen molar-refractivity contribution in [3.8, 4) is 0 Å². The third-order valence-electron chi connectivity index (χ3n) is 1.63. The van der Waals surface area contributed by atoms with Crippen LogP contribution in [0.1, 0.15) is 6.42 Å². The Morgan fingerprint density at radius 1 is 1.50 bits per heavy atom. The van der Waals surface area contributed by atoms with Crippen molar-refractivity contribution in [3.63, 3.8) is 0 Å². The van der Waals surface area contributed by atoms with Crippen LogP contribution in [0.25, 0.3) is 0 Å². The Morgan fingerprint density at radius 3 is 2.58 bits per heavy atom. The highest BCUT2D eigenvalue weighted by Crippen LogP contribution is 2.33. The molecule has 0 radical (unpaired) electrons. The summed E-state index contributed by atoms with van der Waals surface area (Å²) in [5.41, 5.74) is 0. The summed E-state index contributed by atoms with van der Waals surface area (Å²) < 4.78 is 36.1. The Hall–Kier alpha value is 0.0600. The number of hydrogen-bond acceptors (Lipinski definition) is 3. The molecule has 0 spiro atoms. The Labute approximate surface area is 72.5 Å². The molecule has 2 nitrogen and oxygen atoms in total. The highest BCUT2D eigenvalue weighted by atomic mass is 32.2. The zero-order chi connectivity index (χ0) is 9.19. The fraction of sp³-hybridized carbons (Fsp3) is 1.00. The van der Waals surface area contributed by atoms with E-state index in [1.54, 1.807) is 0 Å². The molecule has 0 aromatic carbocycles. The van der Waals surface area contributed by atoms with E-state index in [1.165, 1.54) is 0 Å². The van der Waals surface area contributed by atoms with Gasteiger partial charge in [0.05, 0.1) is 0 Å². The maximum atomic E-state index is 12.0. The maximum absolute atomic E-state index is 12.0. The van der Waals surface area contributed by atoms with Crippen molar-refractivity contribution >= 4 is 11.8 Å². The maximum Gasteiger partial charge on any atom is 0.413 e. The number of aliphatic hydroxyl groups is 1. The van der Waals surface area contributed by atoms with Crippen LogP contribution in [0.15, 0.2) is 0 Å². The quantitative estimate of drug-likeness (QED) is 0.698. The number of thioether (sulfide) groups is 1. The van der Waals surface area contributed by atoms with E-state index in [-0.39, 0.29) is 12.6 Å². The van der Waals surface area contributed by atoms with Crippen molar-refractivity contribution in [3.05, 3.63) is 0 Å². The lowest BCUT2D eigenvalue weighted by molar-refractivity contribution is -0.134. The van der Waals surface area contributed by atoms with Gasteiger partial charge in [0.1, 0.15) is 0 Å². The Bertz CT molecular complexity index is 152. The van der Waals surface area contributed by atoms with Crippen molar-refractivity contribution in [2.45, 2.75) is 24.0 Å². The highest BCUT2D eigenvalue weighted by molar-refractivity contribution is 8.00. The minimum atomic E-state index is -4.17. The average molecular weight is 201 g/mol. The van der Waals surface area contributed by atoms with Crippen LogP contribution in [0.4, 0.5) is 13.2 Å². The van der Waals surface area contributed by atoms with Gasteiger partial charge in [-0.25, -0.2) is 0 Å². The van der Waals surface area contributed by atoms with Crippen LogP contribution < -0.4 is 5.32 Å². The van der Waals surface area contributed by atoms with E-state index >= 15 is 0 Å². The first-order valence-corrected chi connectivity index (χ1v) is 4.64. The normalized spacial score (nSPS) is 31.0. The Morgan fingerprint density at radius 2 is 2.17 bits per heavy atom. The third-order valence-corrected chi connectivity index (χ3v) is 2.96. The molecular formula is C6H10F3NOS. The van der Waals surface area contributed by atoms with E-state index < -0.39 is 11.6 Å². The zero-order valence-electron chi connectivity index (χ0n) is 6.27. The number of halogens is 3. The lowest BCUT2D eigenvalue weighted by Crippen LogP contribution is -2.39. The predicted octanol–water partition coefficient (Wildman–Crippen LogP) is 0.962. The fourth-order valence-corrected chi connectivity index (χ4v) is 2.20. The minimum Gasteiger partial charge on any atom is -0.396 e. The largest absolute Gasteiger partial charge is 0.413 e. The fourth-order valence-electron chi connectivity index (χ4n) is 1.03. The van der Waals surface area contributed by atoms with E-state index in [9.17, 15) is 13.2 Å². The van der Waals surface area contributed by atoms with Gasteiger partial charge in [0.2, 0.25) is 0 Å². The molecule has 1 fully saturated rings. The summed E-state index contributed by atoms with van der Waals surface area (Å²) in [4.78, 5) is 0. The van der Waals surface area contributed by atoms with Crippen molar-refractivity contribution in [1.82, 2.24) is 5.32 Å². The van der Waals surface area contributed by atoms with Gasteiger partial charge in [-0.3, -0.25) is 5.32 Å². The van der Waals surface area contributed by atoms with Crippen molar-refractivity contribution < 1.29 is 18.3 Å². The monoisotopic (exact) mass is 201 g/mol. The van der Waals surface area contributed by atoms with Crippen molar-refractivity contribution in [1.29, 1.82) is 0 Å². The first-order chi connectivity index (χ1) is 5.54. The van der Waals surface area contributed by atoms with Crippen LogP contribution in [0, 0.1) is 0 Å². The number of alkyl halides is 3. The second-order valence-corrected chi connectivity index (χ2v) is 3.77. The van der Waals surface area contributed by atoms with Crippen LogP contribution in [0.2, 0.25) is 0 Å². The first kappa shape index (κ1) is 10.1. The molecule has 6 heteroatoms. The Kier molecular flexibility index (Phi) is 3.25. The van der Waals surface area contributed by atoms with Gasteiger partial charge in [0.25, 0.3) is 0 Å². The van der Waals surface area contributed by atoms with Gasteiger partial charge in [-0.15, -0.1) is 11.8 Å². The van der Waals surface area contributed by atoms with Gasteiger partial charge in [0, 0.05) is 18.4 Å². The highest BCUT2D eigenvalue weighted by Gasteiger charge is 2.44. The lowest BCUT2D eigenvalue weighted by atomic mass is 10.2. The molecule has 12 heavy (non-hydrogen) atoms. The van der Waals surface area contributed by atoms with Gasteiger partial charge in [-0.2, -0.15) is 13.2 Å². The summed E-state index contributed by atoms with van der Waals surface area (Å²) in [5.74, 6) is 0.421. The zero-order valence-corrected chi connectivity index (χ0v) is 7.08. The molecule has 0 bridgehead atoms. The summed E-state index contributed by atoms with van der Waals surface area (Å²) in [7, 11) is 0. The van der Waals surface area contributed by atoms with E-state index in [2.05, 4.69) is 5.32 Å². The molecule has 2 atom stereocenters. The molecule has 1 rings (SSSR count). The summed E-state index contributed by atoms with van der Waals surface area (Å²) >= 11 is 0.850. The van der Waals surface area contributed by atoms with Crippen LogP contribution in [0.5, 0.6) is 0 Å².